The number of hydrogen-bond donors (Lipinski definition) is 1. The molecule has 168 valence electrons. The topological polar surface area (TPSA) is 77.8 Å². The Labute approximate surface area is 185 Å². The molecule has 0 saturated heterocycles. The first-order chi connectivity index (χ1) is 15.7. The highest BCUT2D eigenvalue weighted by Crippen LogP contribution is 2.37. The fraction of sp³-hybridized carbons (Fsp3) is 0.174. The molecule has 0 bridgehead atoms. The van der Waals surface area contributed by atoms with E-state index < -0.39 is 17.8 Å². The van der Waals surface area contributed by atoms with Crippen LogP contribution in [0.15, 0.2) is 48.5 Å². The van der Waals surface area contributed by atoms with Crippen molar-refractivity contribution >= 4 is 17.2 Å². The van der Waals surface area contributed by atoms with E-state index >= 15 is 0 Å². The number of anilines is 1. The highest BCUT2D eigenvalue weighted by atomic mass is 19.4. The van der Waals surface area contributed by atoms with Crippen molar-refractivity contribution in [3.8, 4) is 22.8 Å². The molecule has 0 aliphatic carbocycles. The van der Waals surface area contributed by atoms with Gasteiger partial charge >= 0.3 is 6.18 Å². The van der Waals surface area contributed by atoms with E-state index in [0.29, 0.717) is 27.3 Å². The van der Waals surface area contributed by atoms with E-state index in [2.05, 4.69) is 15.4 Å². The number of aryl methyl sites for hydroxylation is 2. The number of carbonyl (C=O) groups is 1. The van der Waals surface area contributed by atoms with Crippen molar-refractivity contribution in [2.45, 2.75) is 20.0 Å². The Bertz CT molecular complexity index is 1390. The number of amides is 1. The van der Waals surface area contributed by atoms with Gasteiger partial charge in [0.15, 0.2) is 28.5 Å². The molecule has 2 aromatic heterocycles. The van der Waals surface area contributed by atoms with Crippen LogP contribution in [0.4, 0.5) is 18.9 Å². The van der Waals surface area contributed by atoms with Crippen LogP contribution in [-0.2, 0) is 6.18 Å². The molecule has 4 aromatic rings. The Balaban J connectivity index is 1.57. The van der Waals surface area contributed by atoms with Crippen LogP contribution in [0.3, 0.4) is 0 Å². The Morgan fingerprint density at radius 1 is 1.00 bits per heavy atom. The number of aromatic nitrogens is 3. The van der Waals surface area contributed by atoms with Crippen LogP contribution >= 0.6 is 0 Å². The van der Waals surface area contributed by atoms with Gasteiger partial charge in [-0.05, 0) is 61.4 Å². The van der Waals surface area contributed by atoms with Crippen molar-refractivity contribution in [1.29, 1.82) is 0 Å². The number of hydrogen-bond acceptors (Lipinski definition) is 5. The molecule has 0 unspecified atom stereocenters. The van der Waals surface area contributed by atoms with Crippen molar-refractivity contribution < 1.29 is 27.4 Å². The number of ether oxygens (including phenoxy) is 2. The average molecular weight is 454 g/mol. The predicted octanol–water partition coefficient (Wildman–Crippen LogP) is 5.01. The minimum Gasteiger partial charge on any atom is -0.454 e. The molecule has 0 fully saturated rings. The van der Waals surface area contributed by atoms with Crippen molar-refractivity contribution in [3.05, 3.63) is 71.0 Å². The van der Waals surface area contributed by atoms with E-state index in [-0.39, 0.29) is 23.8 Å². The fourth-order valence-corrected chi connectivity index (χ4v) is 3.73. The molecule has 0 spiro atoms. The lowest BCUT2D eigenvalue weighted by atomic mass is 10.1. The summed E-state index contributed by atoms with van der Waals surface area (Å²) in [7, 11) is 0. The Morgan fingerprint density at radius 2 is 1.73 bits per heavy atom. The third-order valence-corrected chi connectivity index (χ3v) is 5.10. The normalized spacial score (nSPS) is 12.9. The monoisotopic (exact) mass is 454 g/mol. The molecule has 0 radical (unpaired) electrons. The summed E-state index contributed by atoms with van der Waals surface area (Å²) in [4.78, 5) is 17.0. The van der Waals surface area contributed by atoms with E-state index in [9.17, 15) is 18.0 Å². The average Bonchev–Trinajstić information content (AvgIpc) is 3.37. The first-order valence-corrected chi connectivity index (χ1v) is 9.95. The van der Waals surface area contributed by atoms with Crippen LogP contribution in [0.25, 0.3) is 16.9 Å². The highest BCUT2D eigenvalue weighted by Gasteiger charge is 2.36. The number of benzene rings is 2. The summed E-state index contributed by atoms with van der Waals surface area (Å²) in [6.07, 6.45) is -4.72. The molecular formula is C23H17F3N4O3. The molecule has 2 aromatic carbocycles. The van der Waals surface area contributed by atoms with Gasteiger partial charge in [-0.2, -0.15) is 18.3 Å². The number of rotatable bonds is 3. The molecule has 1 N–H and O–H groups in total. The number of carbonyl (C=O) groups excluding carboxylic acids is 1. The predicted molar refractivity (Wildman–Crippen MR) is 113 cm³/mol. The van der Waals surface area contributed by atoms with Gasteiger partial charge in [0.1, 0.15) is 0 Å². The second kappa shape index (κ2) is 7.51. The summed E-state index contributed by atoms with van der Waals surface area (Å²) in [5.41, 5.74) is 1.54. The molecule has 1 aliphatic heterocycles. The van der Waals surface area contributed by atoms with Crippen LogP contribution in [-0.4, -0.2) is 27.3 Å². The maximum absolute atomic E-state index is 13.8. The summed E-state index contributed by atoms with van der Waals surface area (Å²) in [6, 6.07) is 12.3. The smallest absolute Gasteiger partial charge is 0.433 e. The van der Waals surface area contributed by atoms with Crippen molar-refractivity contribution in [2.24, 2.45) is 0 Å². The number of alkyl halides is 3. The Kier molecular flexibility index (Phi) is 4.73. The minimum atomic E-state index is -4.72. The first kappa shape index (κ1) is 20.8. The zero-order valence-electron chi connectivity index (χ0n) is 17.5. The van der Waals surface area contributed by atoms with Crippen molar-refractivity contribution in [3.63, 3.8) is 0 Å². The summed E-state index contributed by atoms with van der Waals surface area (Å²) >= 11 is 0. The molecule has 10 heteroatoms. The molecular weight excluding hydrogens is 437 g/mol. The molecule has 3 heterocycles. The lowest BCUT2D eigenvalue weighted by molar-refractivity contribution is -0.142. The van der Waals surface area contributed by atoms with Crippen molar-refractivity contribution in [2.75, 3.05) is 12.1 Å². The van der Waals surface area contributed by atoms with Gasteiger partial charge in [0.2, 0.25) is 6.79 Å². The molecule has 7 nitrogen and oxygen atoms in total. The first-order valence-electron chi connectivity index (χ1n) is 9.95. The fourth-order valence-electron chi connectivity index (χ4n) is 3.73. The number of halogens is 3. The van der Waals surface area contributed by atoms with Gasteiger partial charge in [-0.1, -0.05) is 6.07 Å². The minimum absolute atomic E-state index is 0.0423. The van der Waals surface area contributed by atoms with E-state index in [1.807, 2.05) is 19.9 Å². The Hall–Kier alpha value is -4.08. The van der Waals surface area contributed by atoms with Crippen LogP contribution < -0.4 is 14.8 Å². The largest absolute Gasteiger partial charge is 0.454 e. The van der Waals surface area contributed by atoms with Gasteiger partial charge in [0.25, 0.3) is 5.91 Å². The molecule has 5 rings (SSSR count). The van der Waals surface area contributed by atoms with Crippen molar-refractivity contribution in [1.82, 2.24) is 14.6 Å². The van der Waals surface area contributed by atoms with Crippen LogP contribution in [0.5, 0.6) is 11.5 Å². The molecule has 0 atom stereocenters. The third kappa shape index (κ3) is 3.95. The highest BCUT2D eigenvalue weighted by molar-refractivity contribution is 6.03. The summed E-state index contributed by atoms with van der Waals surface area (Å²) in [5.74, 6) is 0.290. The summed E-state index contributed by atoms with van der Waals surface area (Å²) < 4.78 is 52.7. The summed E-state index contributed by atoms with van der Waals surface area (Å²) in [5, 5.41) is 6.57. The quantitative estimate of drug-likeness (QED) is 0.471. The van der Waals surface area contributed by atoms with Gasteiger partial charge in [-0.15, -0.1) is 0 Å². The second-order valence-electron chi connectivity index (χ2n) is 7.72. The standard InChI is InChI=1S/C23H17F3N4O3/c1-12-5-13(2)7-15(6-12)27-22(31)17-10-21-28-16(9-20(23(24,25)26)30(21)29-17)14-3-4-18-19(8-14)33-11-32-18/h3-10H,11H2,1-2H3,(H,27,31). The lowest BCUT2D eigenvalue weighted by Gasteiger charge is -2.11. The van der Waals surface area contributed by atoms with E-state index in [0.717, 1.165) is 17.2 Å². The van der Waals surface area contributed by atoms with Crippen LogP contribution in [0.2, 0.25) is 0 Å². The van der Waals surface area contributed by atoms with Gasteiger partial charge < -0.3 is 14.8 Å². The van der Waals surface area contributed by atoms with Gasteiger partial charge in [-0.3, -0.25) is 4.79 Å². The van der Waals surface area contributed by atoms with Gasteiger partial charge in [-0.25, -0.2) is 9.50 Å². The SMILES string of the molecule is Cc1cc(C)cc(NC(=O)c2cc3nc(-c4ccc5c(c4)OCO5)cc(C(F)(F)F)n3n2)c1. The maximum Gasteiger partial charge on any atom is 0.433 e. The number of fused-ring (bicyclic) bond motifs is 2. The molecule has 0 saturated carbocycles. The van der Waals surface area contributed by atoms with Crippen LogP contribution in [0, 0.1) is 13.8 Å². The molecule has 1 aliphatic rings. The summed E-state index contributed by atoms with van der Waals surface area (Å²) in [6.45, 7) is 3.80. The zero-order valence-corrected chi connectivity index (χ0v) is 17.5. The van der Waals surface area contributed by atoms with Gasteiger partial charge in [0.05, 0.1) is 5.69 Å². The third-order valence-electron chi connectivity index (χ3n) is 5.10. The lowest BCUT2D eigenvalue weighted by Crippen LogP contribution is -2.16. The number of nitrogens with one attached hydrogen (secondary N) is 1. The molecule has 33 heavy (non-hydrogen) atoms. The van der Waals surface area contributed by atoms with Gasteiger partial charge in [0, 0.05) is 17.3 Å². The molecule has 1 amide bonds. The van der Waals surface area contributed by atoms with E-state index in [1.165, 1.54) is 6.07 Å². The van der Waals surface area contributed by atoms with E-state index in [1.54, 1.807) is 30.3 Å². The zero-order chi connectivity index (χ0) is 23.3. The Morgan fingerprint density at radius 3 is 2.45 bits per heavy atom. The maximum atomic E-state index is 13.8. The second-order valence-corrected chi connectivity index (χ2v) is 7.72. The number of nitrogens with zero attached hydrogens (tertiary/aromatic N) is 3. The van der Waals surface area contributed by atoms with Crippen LogP contribution in [0.1, 0.15) is 27.3 Å². The van der Waals surface area contributed by atoms with E-state index in [4.69, 9.17) is 9.47 Å².